The number of carbonyl (C=O) groups excluding carboxylic acids is 4. The summed E-state index contributed by atoms with van der Waals surface area (Å²) in [5, 5.41) is 41.3. The first-order valence-corrected chi connectivity index (χ1v) is 6.29. The van der Waals surface area contributed by atoms with E-state index in [0.29, 0.717) is 0 Å². The molecule has 0 atom stereocenters. The van der Waals surface area contributed by atoms with Crippen LogP contribution in [0, 0.1) is 0 Å². The fourth-order valence-electron chi connectivity index (χ4n) is 1.68. The summed E-state index contributed by atoms with van der Waals surface area (Å²) in [5.41, 5.74) is -1.45. The number of carboxylic acids is 4. The van der Waals surface area contributed by atoms with Crippen LogP contribution < -0.4 is 20.4 Å². The number of carbonyl (C=O) groups is 4. The Balaban J connectivity index is 0. The van der Waals surface area contributed by atoms with Gasteiger partial charge in [0.15, 0.2) is 0 Å². The van der Waals surface area contributed by atoms with Crippen LogP contribution in [0.5, 0.6) is 0 Å². The number of hydrogen-bond donors (Lipinski definition) is 0. The van der Waals surface area contributed by atoms with Crippen molar-refractivity contribution >= 4 is 23.9 Å². The van der Waals surface area contributed by atoms with Crippen molar-refractivity contribution in [2.75, 3.05) is 0 Å². The van der Waals surface area contributed by atoms with E-state index < -0.39 is 23.9 Å². The van der Waals surface area contributed by atoms with Gasteiger partial charge in [0.05, 0.1) is 23.9 Å². The molecule has 0 aliphatic heterocycles. The van der Waals surface area contributed by atoms with Crippen molar-refractivity contribution in [3.63, 3.8) is 0 Å². The van der Waals surface area contributed by atoms with Gasteiger partial charge >= 0.3 is 34.1 Å². The van der Waals surface area contributed by atoms with E-state index in [2.05, 4.69) is 0 Å². The molecular formula is C16H8Cu2O8. The van der Waals surface area contributed by atoms with E-state index >= 15 is 0 Å². The van der Waals surface area contributed by atoms with Crippen LogP contribution in [0.15, 0.2) is 48.5 Å². The van der Waals surface area contributed by atoms with Gasteiger partial charge in [-0.2, -0.15) is 0 Å². The van der Waals surface area contributed by atoms with Crippen molar-refractivity contribution in [3.05, 3.63) is 70.8 Å². The molecule has 0 saturated heterocycles. The van der Waals surface area contributed by atoms with Crippen LogP contribution in [0.1, 0.15) is 41.4 Å². The Bertz CT molecular complexity index is 671. The summed E-state index contributed by atoms with van der Waals surface area (Å²) in [5.74, 6) is -6.07. The SMILES string of the molecule is O=C([O-])c1ccccc1C(=O)[O-].O=C([O-])c1ccccc1C(=O)[O-].[Cu+2].[Cu+2]. The molecule has 0 amide bonds. The van der Waals surface area contributed by atoms with Crippen molar-refractivity contribution in [1.29, 1.82) is 0 Å². The van der Waals surface area contributed by atoms with Gasteiger partial charge in [-0.05, 0) is 0 Å². The zero-order valence-electron chi connectivity index (χ0n) is 12.5. The summed E-state index contributed by atoms with van der Waals surface area (Å²) in [6.07, 6.45) is 0. The Kier molecular flexibility index (Phi) is 11.7. The molecule has 0 heterocycles. The molecule has 0 bridgehead atoms. The molecule has 142 valence electrons. The maximum atomic E-state index is 10.3. The molecule has 8 nitrogen and oxygen atoms in total. The molecule has 2 rings (SSSR count). The van der Waals surface area contributed by atoms with Crippen molar-refractivity contribution in [3.8, 4) is 0 Å². The molecule has 0 saturated carbocycles. The van der Waals surface area contributed by atoms with Crippen molar-refractivity contribution in [2.24, 2.45) is 0 Å². The van der Waals surface area contributed by atoms with Gasteiger partial charge in [-0.15, -0.1) is 0 Å². The van der Waals surface area contributed by atoms with Gasteiger partial charge in [0.2, 0.25) is 0 Å². The topological polar surface area (TPSA) is 161 Å². The van der Waals surface area contributed by atoms with E-state index in [-0.39, 0.29) is 56.4 Å². The van der Waals surface area contributed by atoms with E-state index in [0.717, 1.165) is 24.3 Å². The summed E-state index contributed by atoms with van der Waals surface area (Å²) >= 11 is 0. The molecular weight excluding hydrogens is 447 g/mol. The van der Waals surface area contributed by atoms with Crippen LogP contribution in [0.25, 0.3) is 0 Å². The number of hydrogen-bond acceptors (Lipinski definition) is 8. The van der Waals surface area contributed by atoms with Crippen LogP contribution in [-0.2, 0) is 34.1 Å². The van der Waals surface area contributed by atoms with Crippen LogP contribution in [0.3, 0.4) is 0 Å². The second kappa shape index (κ2) is 11.8. The molecule has 0 fully saturated rings. The Labute approximate surface area is 168 Å². The number of rotatable bonds is 4. The van der Waals surface area contributed by atoms with E-state index in [1.54, 1.807) is 0 Å². The standard InChI is InChI=1S/2C8H6O4.2Cu/c2*9-7(10)5-3-1-2-4-6(5)8(11)12;;/h2*1-4H,(H,9,10)(H,11,12);;/q;;2*+2/p-4. The zero-order valence-corrected chi connectivity index (χ0v) is 14.4. The molecule has 2 aromatic carbocycles. The monoisotopic (exact) mass is 454 g/mol. The van der Waals surface area contributed by atoms with Gasteiger partial charge in [-0.25, -0.2) is 0 Å². The van der Waals surface area contributed by atoms with Crippen LogP contribution >= 0.6 is 0 Å². The summed E-state index contributed by atoms with van der Waals surface area (Å²) in [4.78, 5) is 41.3. The van der Waals surface area contributed by atoms with Gasteiger partial charge in [0.25, 0.3) is 0 Å². The van der Waals surface area contributed by atoms with Gasteiger partial charge in [-0.1, -0.05) is 48.5 Å². The Hall–Kier alpha value is -2.64. The quantitative estimate of drug-likeness (QED) is 0.436. The minimum Gasteiger partial charge on any atom is -0.545 e. The van der Waals surface area contributed by atoms with E-state index in [4.69, 9.17) is 0 Å². The Morgan fingerprint density at radius 3 is 0.731 bits per heavy atom. The predicted molar refractivity (Wildman–Crippen MR) is 70.2 cm³/mol. The first-order valence-electron chi connectivity index (χ1n) is 6.29. The normalized spacial score (nSPS) is 8.62. The Morgan fingerprint density at radius 1 is 0.462 bits per heavy atom. The second-order valence-electron chi connectivity index (χ2n) is 4.24. The first kappa shape index (κ1) is 25.6. The molecule has 2 radical (unpaired) electrons. The second-order valence-corrected chi connectivity index (χ2v) is 4.24. The van der Waals surface area contributed by atoms with Crippen LogP contribution in [0.4, 0.5) is 0 Å². The molecule has 2 aromatic rings. The predicted octanol–water partition coefficient (Wildman–Crippen LogP) is -3.18. The third-order valence-corrected chi connectivity index (χ3v) is 2.73. The van der Waals surface area contributed by atoms with E-state index in [1.807, 2.05) is 0 Å². The summed E-state index contributed by atoms with van der Waals surface area (Å²) in [7, 11) is 0. The zero-order chi connectivity index (χ0) is 18.3. The number of carboxylic acid groups (broad SMARTS) is 4. The number of benzene rings is 2. The third kappa shape index (κ3) is 7.08. The summed E-state index contributed by atoms with van der Waals surface area (Å²) < 4.78 is 0. The van der Waals surface area contributed by atoms with Gasteiger partial charge in [0, 0.05) is 22.3 Å². The molecule has 0 aliphatic rings. The van der Waals surface area contributed by atoms with E-state index in [9.17, 15) is 39.6 Å². The molecule has 10 heteroatoms. The fraction of sp³-hybridized carbons (Fsp3) is 0. The molecule has 0 aliphatic carbocycles. The maximum absolute atomic E-state index is 10.3. The molecule has 0 unspecified atom stereocenters. The van der Waals surface area contributed by atoms with Crippen molar-refractivity contribution < 1.29 is 73.7 Å². The van der Waals surface area contributed by atoms with E-state index in [1.165, 1.54) is 24.3 Å². The van der Waals surface area contributed by atoms with Crippen LogP contribution in [-0.4, -0.2) is 23.9 Å². The third-order valence-electron chi connectivity index (χ3n) is 2.73. The smallest absolute Gasteiger partial charge is 0.545 e. The number of aromatic carboxylic acids is 4. The van der Waals surface area contributed by atoms with Crippen molar-refractivity contribution in [1.82, 2.24) is 0 Å². The molecule has 0 aromatic heterocycles. The minimum atomic E-state index is -1.52. The van der Waals surface area contributed by atoms with Crippen LogP contribution in [0.2, 0.25) is 0 Å². The Morgan fingerprint density at radius 2 is 0.615 bits per heavy atom. The minimum absolute atomic E-state index is 0. The van der Waals surface area contributed by atoms with Gasteiger partial charge < -0.3 is 39.6 Å². The molecule has 0 N–H and O–H groups in total. The van der Waals surface area contributed by atoms with Gasteiger partial charge in [0.1, 0.15) is 0 Å². The summed E-state index contributed by atoms with van der Waals surface area (Å²) in [6.45, 7) is 0. The largest absolute Gasteiger partial charge is 2.00 e. The molecule has 0 spiro atoms. The summed E-state index contributed by atoms with van der Waals surface area (Å²) in [6, 6.07) is 10.3. The van der Waals surface area contributed by atoms with Gasteiger partial charge in [-0.3, -0.25) is 0 Å². The fourth-order valence-corrected chi connectivity index (χ4v) is 1.68. The average Bonchev–Trinajstić information content (AvgIpc) is 2.55. The first-order chi connectivity index (χ1) is 11.3. The molecule has 26 heavy (non-hydrogen) atoms. The average molecular weight is 455 g/mol. The maximum Gasteiger partial charge on any atom is 2.00 e. The van der Waals surface area contributed by atoms with Crippen molar-refractivity contribution in [2.45, 2.75) is 0 Å².